The van der Waals surface area contributed by atoms with Gasteiger partial charge in [-0.05, 0) is 35.4 Å². The molecule has 2 atom stereocenters. The number of carbonyl (C=O) groups excluding carboxylic acids is 4. The van der Waals surface area contributed by atoms with Crippen LogP contribution in [-0.2, 0) is 19.2 Å². The highest BCUT2D eigenvalue weighted by Crippen LogP contribution is 2.40. The lowest BCUT2D eigenvalue weighted by atomic mass is 10.1. The Balaban J connectivity index is 2.29. The summed E-state index contributed by atoms with van der Waals surface area (Å²) in [7, 11) is 0. The molecule has 8 nitrogen and oxygen atoms in total. The highest BCUT2D eigenvalue weighted by atomic mass is 32.2. The zero-order chi connectivity index (χ0) is 24.4. The normalized spacial score (nSPS) is 12.2. The summed E-state index contributed by atoms with van der Waals surface area (Å²) in [6.07, 6.45) is 0. The molecule has 0 saturated heterocycles. The van der Waals surface area contributed by atoms with Gasteiger partial charge in [-0.1, -0.05) is 24.3 Å². The second-order valence-corrected chi connectivity index (χ2v) is 9.00. The lowest BCUT2D eigenvalue weighted by molar-refractivity contribution is -0.119. The molecule has 33 heavy (non-hydrogen) atoms. The number of carbonyl (C=O) groups is 4. The molecule has 0 heterocycles. The van der Waals surface area contributed by atoms with Gasteiger partial charge in [0.05, 0.1) is 0 Å². The van der Waals surface area contributed by atoms with E-state index in [1.54, 1.807) is 11.8 Å². The van der Waals surface area contributed by atoms with E-state index >= 15 is 0 Å². The maximum atomic E-state index is 11.6. The van der Waals surface area contributed by atoms with Crippen molar-refractivity contribution in [3.63, 3.8) is 0 Å². The molecule has 0 spiro atoms. The molecule has 176 valence electrons. The minimum absolute atomic E-state index is 0.103. The summed E-state index contributed by atoms with van der Waals surface area (Å²) in [4.78, 5) is 45.8. The number of hydrogen-bond acceptors (Lipinski definition) is 5. The van der Waals surface area contributed by atoms with Gasteiger partial charge in [0.25, 0.3) is 0 Å². The van der Waals surface area contributed by atoms with Crippen LogP contribution in [0.5, 0.6) is 0 Å². The Bertz CT molecular complexity index is 897. The number of anilines is 2. The Kier molecular flexibility index (Phi) is 9.93. The lowest BCUT2D eigenvalue weighted by Gasteiger charge is -2.25. The van der Waals surface area contributed by atoms with E-state index in [4.69, 9.17) is 0 Å². The fourth-order valence-corrected chi connectivity index (χ4v) is 4.51. The van der Waals surface area contributed by atoms with Crippen molar-refractivity contribution in [2.45, 2.75) is 38.2 Å². The molecule has 0 saturated carbocycles. The quantitative estimate of drug-likeness (QED) is 0.425. The molecule has 2 aromatic rings. The molecule has 0 radical (unpaired) electrons. The molecule has 0 bridgehead atoms. The van der Waals surface area contributed by atoms with E-state index in [1.807, 2.05) is 48.5 Å². The molecule has 0 aliphatic carbocycles. The van der Waals surface area contributed by atoms with Crippen LogP contribution in [0.4, 0.5) is 11.4 Å². The Morgan fingerprint density at radius 2 is 0.939 bits per heavy atom. The van der Waals surface area contributed by atoms with Crippen molar-refractivity contribution in [2.24, 2.45) is 0 Å². The van der Waals surface area contributed by atoms with Crippen molar-refractivity contribution >= 4 is 46.8 Å². The second kappa shape index (κ2) is 12.6. The summed E-state index contributed by atoms with van der Waals surface area (Å²) in [5.74, 6) is -0.558. The van der Waals surface area contributed by atoms with Gasteiger partial charge in [0.1, 0.15) is 0 Å². The van der Waals surface area contributed by atoms with E-state index in [9.17, 15) is 19.2 Å². The average molecular weight is 471 g/mol. The monoisotopic (exact) mass is 470 g/mol. The van der Waals surface area contributed by atoms with E-state index in [1.165, 1.54) is 27.7 Å². The lowest BCUT2D eigenvalue weighted by Crippen LogP contribution is -2.28. The molecule has 0 aromatic heterocycles. The smallest absolute Gasteiger partial charge is 0.221 e. The minimum atomic E-state index is -0.148. The molecule has 4 N–H and O–H groups in total. The third kappa shape index (κ3) is 9.36. The van der Waals surface area contributed by atoms with Crippen LogP contribution in [0, 0.1) is 0 Å². The Labute approximate surface area is 198 Å². The first-order valence-corrected chi connectivity index (χ1v) is 11.5. The van der Waals surface area contributed by atoms with Crippen LogP contribution in [0.15, 0.2) is 48.5 Å². The summed E-state index contributed by atoms with van der Waals surface area (Å²) < 4.78 is 0. The molecule has 2 rings (SSSR count). The van der Waals surface area contributed by atoms with Crippen LogP contribution < -0.4 is 21.3 Å². The second-order valence-electron chi connectivity index (χ2n) is 7.59. The molecule has 0 aliphatic heterocycles. The topological polar surface area (TPSA) is 116 Å². The molecular weight excluding hydrogens is 440 g/mol. The van der Waals surface area contributed by atoms with Gasteiger partial charge in [-0.25, -0.2) is 0 Å². The Morgan fingerprint density at radius 1 is 0.606 bits per heavy atom. The zero-order valence-electron chi connectivity index (χ0n) is 19.2. The van der Waals surface area contributed by atoms with Gasteiger partial charge in [0.2, 0.25) is 23.6 Å². The number of thioether (sulfide) groups is 1. The van der Waals surface area contributed by atoms with Crippen LogP contribution in [0.2, 0.25) is 0 Å². The van der Waals surface area contributed by atoms with Gasteiger partial charge in [0.15, 0.2) is 0 Å². The van der Waals surface area contributed by atoms with E-state index in [0.29, 0.717) is 24.5 Å². The maximum absolute atomic E-state index is 11.6. The van der Waals surface area contributed by atoms with E-state index in [0.717, 1.165) is 11.1 Å². The van der Waals surface area contributed by atoms with E-state index in [-0.39, 0.29) is 34.1 Å². The highest BCUT2D eigenvalue weighted by Gasteiger charge is 2.21. The van der Waals surface area contributed by atoms with Crippen molar-refractivity contribution in [3.8, 4) is 0 Å². The van der Waals surface area contributed by atoms with Gasteiger partial charge in [-0.2, -0.15) is 0 Å². The summed E-state index contributed by atoms with van der Waals surface area (Å²) in [5.41, 5.74) is 3.34. The van der Waals surface area contributed by atoms with Gasteiger partial charge in [-0.15, -0.1) is 11.8 Å². The number of nitrogens with one attached hydrogen (secondary N) is 4. The van der Waals surface area contributed by atoms with Crippen LogP contribution in [0.3, 0.4) is 0 Å². The molecule has 0 fully saturated rings. The Hall–Kier alpha value is -3.33. The number of rotatable bonds is 10. The standard InChI is InChI=1S/C24H30N4O4S/c1-15(29)25-13-23(19-5-9-21(10-6-19)27-17(3)31)33-24(14-26-16(2)30)20-7-11-22(12-8-20)28-18(4)32/h5-12,23-24H,13-14H2,1-4H3,(H,25,29)(H,26,30)(H,27,31)(H,28,32). The minimum Gasteiger partial charge on any atom is -0.355 e. The first-order chi connectivity index (χ1) is 15.6. The highest BCUT2D eigenvalue weighted by molar-refractivity contribution is 7.99. The van der Waals surface area contributed by atoms with Crippen LogP contribution in [0.25, 0.3) is 0 Å². The van der Waals surface area contributed by atoms with Crippen LogP contribution in [0.1, 0.15) is 49.3 Å². The Morgan fingerprint density at radius 3 is 1.21 bits per heavy atom. The van der Waals surface area contributed by atoms with Crippen molar-refractivity contribution in [1.82, 2.24) is 10.6 Å². The predicted octanol–water partition coefficient (Wildman–Crippen LogP) is 3.39. The molecule has 2 aromatic carbocycles. The van der Waals surface area contributed by atoms with Crippen molar-refractivity contribution in [2.75, 3.05) is 23.7 Å². The molecule has 4 amide bonds. The fraction of sp³-hybridized carbons (Fsp3) is 0.333. The first kappa shape index (κ1) is 25.9. The average Bonchev–Trinajstić information content (AvgIpc) is 2.73. The van der Waals surface area contributed by atoms with Crippen molar-refractivity contribution in [1.29, 1.82) is 0 Å². The van der Waals surface area contributed by atoms with Crippen molar-refractivity contribution in [3.05, 3.63) is 59.7 Å². The van der Waals surface area contributed by atoms with E-state index < -0.39 is 0 Å². The molecule has 2 unspecified atom stereocenters. The third-order valence-electron chi connectivity index (χ3n) is 4.61. The predicted molar refractivity (Wildman–Crippen MR) is 132 cm³/mol. The number of benzene rings is 2. The fourth-order valence-electron chi connectivity index (χ4n) is 3.13. The van der Waals surface area contributed by atoms with Gasteiger partial charge >= 0.3 is 0 Å². The van der Waals surface area contributed by atoms with E-state index in [2.05, 4.69) is 21.3 Å². The maximum Gasteiger partial charge on any atom is 0.221 e. The number of hydrogen-bond donors (Lipinski definition) is 4. The summed E-state index contributed by atoms with van der Waals surface area (Å²) in [6.45, 7) is 6.65. The summed E-state index contributed by atoms with van der Waals surface area (Å²) in [5, 5.41) is 11.0. The largest absolute Gasteiger partial charge is 0.355 e. The van der Waals surface area contributed by atoms with Gasteiger partial charge < -0.3 is 21.3 Å². The summed E-state index contributed by atoms with van der Waals surface area (Å²) >= 11 is 1.62. The third-order valence-corrected chi connectivity index (χ3v) is 6.14. The summed E-state index contributed by atoms with van der Waals surface area (Å²) in [6, 6.07) is 15.0. The molecule has 0 aliphatic rings. The van der Waals surface area contributed by atoms with Gasteiger partial charge in [0, 0.05) is 62.7 Å². The number of amides is 4. The SMILES string of the molecule is CC(=O)NCC(SC(CNC(C)=O)c1ccc(NC(C)=O)cc1)c1ccc(NC(C)=O)cc1. The molecular formula is C24H30N4O4S. The van der Waals surface area contributed by atoms with Gasteiger partial charge in [-0.3, -0.25) is 19.2 Å². The zero-order valence-corrected chi connectivity index (χ0v) is 20.0. The van der Waals surface area contributed by atoms with Crippen LogP contribution in [-0.4, -0.2) is 36.7 Å². The molecule has 9 heteroatoms. The first-order valence-electron chi connectivity index (χ1n) is 10.5. The van der Waals surface area contributed by atoms with Crippen LogP contribution >= 0.6 is 11.8 Å². The van der Waals surface area contributed by atoms with Crippen molar-refractivity contribution < 1.29 is 19.2 Å².